The summed E-state index contributed by atoms with van der Waals surface area (Å²) in [6, 6.07) is 10.5. The topological polar surface area (TPSA) is 84.5 Å². The molecule has 8 heteroatoms. The summed E-state index contributed by atoms with van der Waals surface area (Å²) < 4.78 is 10.9. The molecule has 2 aromatic carbocycles. The van der Waals surface area contributed by atoms with Crippen LogP contribution >= 0.6 is 11.6 Å². The number of aromatic nitrogens is 2. The van der Waals surface area contributed by atoms with Crippen LogP contribution < -0.4 is 15.0 Å². The van der Waals surface area contributed by atoms with Crippen molar-refractivity contribution in [2.45, 2.75) is 33.4 Å². The van der Waals surface area contributed by atoms with Gasteiger partial charge in [-0.05, 0) is 56.7 Å². The van der Waals surface area contributed by atoms with Crippen LogP contribution in [0, 0.1) is 0 Å². The Bertz CT molecular complexity index is 1200. The van der Waals surface area contributed by atoms with Gasteiger partial charge in [0.05, 0.1) is 36.2 Å². The fourth-order valence-corrected chi connectivity index (χ4v) is 3.54. The van der Waals surface area contributed by atoms with Crippen molar-refractivity contribution in [3.05, 3.63) is 69.2 Å². The molecule has 0 fully saturated rings. The van der Waals surface area contributed by atoms with Gasteiger partial charge in [0.2, 0.25) is 5.91 Å². The third-order valence-corrected chi connectivity index (χ3v) is 5.13. The summed E-state index contributed by atoms with van der Waals surface area (Å²) in [4.78, 5) is 34.2. The number of ether oxygens (including phenoxy) is 2. The number of methoxy groups -OCH3 is 1. The fraction of sp³-hybridized carbons (Fsp3) is 0.292. The predicted molar refractivity (Wildman–Crippen MR) is 126 cm³/mol. The highest BCUT2D eigenvalue weighted by Gasteiger charge is 2.17. The molecule has 0 saturated carbocycles. The van der Waals surface area contributed by atoms with Gasteiger partial charge in [0.25, 0.3) is 5.56 Å². The number of halogens is 1. The highest BCUT2D eigenvalue weighted by molar-refractivity contribution is 6.32. The zero-order chi connectivity index (χ0) is 23.3. The van der Waals surface area contributed by atoms with Gasteiger partial charge in [-0.3, -0.25) is 9.59 Å². The Labute approximate surface area is 191 Å². The van der Waals surface area contributed by atoms with Gasteiger partial charge in [-0.25, -0.2) is 4.98 Å². The lowest BCUT2D eigenvalue weighted by molar-refractivity contribution is -0.128. The normalized spacial score (nSPS) is 11.3. The maximum atomic E-state index is 13.0. The molecule has 1 heterocycles. The largest absolute Gasteiger partial charge is 0.493 e. The number of H-pyrrole nitrogens is 1. The first-order chi connectivity index (χ1) is 15.3. The zero-order valence-corrected chi connectivity index (χ0v) is 19.3. The number of carbonyl (C=O) groups excluding carboxylic acids is 1. The van der Waals surface area contributed by atoms with Crippen LogP contribution in [-0.2, 0) is 11.3 Å². The Balaban J connectivity index is 1.84. The first kappa shape index (κ1) is 23.3. The van der Waals surface area contributed by atoms with E-state index in [0.717, 1.165) is 0 Å². The van der Waals surface area contributed by atoms with Crippen molar-refractivity contribution in [2.24, 2.45) is 0 Å². The summed E-state index contributed by atoms with van der Waals surface area (Å²) in [6.45, 7) is 6.30. The van der Waals surface area contributed by atoms with Crippen molar-refractivity contribution >= 4 is 34.5 Å². The maximum absolute atomic E-state index is 13.0. The molecule has 7 nitrogen and oxygen atoms in total. The van der Waals surface area contributed by atoms with Crippen LogP contribution in [0.25, 0.3) is 17.0 Å². The summed E-state index contributed by atoms with van der Waals surface area (Å²) in [6.07, 6.45) is 3.13. The molecule has 0 saturated heterocycles. The van der Waals surface area contributed by atoms with E-state index < -0.39 is 0 Å². The quantitative estimate of drug-likeness (QED) is 0.508. The summed E-state index contributed by atoms with van der Waals surface area (Å²) in [5, 5.41) is 0.914. The van der Waals surface area contributed by atoms with Crippen LogP contribution in [0.4, 0.5) is 0 Å². The molecule has 3 rings (SSSR count). The van der Waals surface area contributed by atoms with Gasteiger partial charge in [0.1, 0.15) is 5.82 Å². The first-order valence-corrected chi connectivity index (χ1v) is 10.7. The highest BCUT2D eigenvalue weighted by atomic mass is 35.5. The number of hydrogen-bond acceptors (Lipinski definition) is 5. The van der Waals surface area contributed by atoms with Gasteiger partial charge in [-0.2, -0.15) is 0 Å². The van der Waals surface area contributed by atoms with Crippen LogP contribution in [0.5, 0.6) is 11.5 Å². The van der Waals surface area contributed by atoms with Crippen molar-refractivity contribution in [1.29, 1.82) is 0 Å². The number of para-hydroxylation sites is 1. The van der Waals surface area contributed by atoms with Crippen LogP contribution in [0.15, 0.2) is 47.3 Å². The number of aromatic amines is 1. The minimum Gasteiger partial charge on any atom is -0.493 e. The Morgan fingerprint density at radius 2 is 2.03 bits per heavy atom. The number of nitrogens with one attached hydrogen (secondary N) is 1. The van der Waals surface area contributed by atoms with E-state index in [-0.39, 0.29) is 24.1 Å². The molecular formula is C24H26ClN3O4. The minimum absolute atomic E-state index is 0.109. The fourth-order valence-electron chi connectivity index (χ4n) is 3.27. The second-order valence-electron chi connectivity index (χ2n) is 7.39. The predicted octanol–water partition coefficient (Wildman–Crippen LogP) is 4.43. The van der Waals surface area contributed by atoms with Gasteiger partial charge >= 0.3 is 0 Å². The monoisotopic (exact) mass is 455 g/mol. The van der Waals surface area contributed by atoms with Crippen molar-refractivity contribution in [2.75, 3.05) is 13.7 Å². The van der Waals surface area contributed by atoms with Gasteiger partial charge < -0.3 is 19.4 Å². The Kier molecular flexibility index (Phi) is 7.53. The molecule has 0 aliphatic heterocycles. The SMILES string of the molecule is CCOc1c(Cl)cc(/C=C/C(=O)N(Cc2nc3ccccc3c(=O)[nH]2)C(C)C)cc1OC. The number of hydrogen-bond donors (Lipinski definition) is 1. The van der Waals surface area contributed by atoms with E-state index in [0.29, 0.717) is 45.4 Å². The second kappa shape index (κ2) is 10.3. The van der Waals surface area contributed by atoms with Crippen molar-refractivity contribution in [3.8, 4) is 11.5 Å². The van der Waals surface area contributed by atoms with E-state index in [1.807, 2.05) is 26.8 Å². The summed E-state index contributed by atoms with van der Waals surface area (Å²) in [5.74, 6) is 1.16. The van der Waals surface area contributed by atoms with Gasteiger partial charge in [-0.1, -0.05) is 23.7 Å². The van der Waals surface area contributed by atoms with Crippen LogP contribution in [0.1, 0.15) is 32.2 Å². The van der Waals surface area contributed by atoms with Gasteiger partial charge in [0, 0.05) is 12.1 Å². The van der Waals surface area contributed by atoms with Crippen molar-refractivity contribution in [3.63, 3.8) is 0 Å². The number of carbonyl (C=O) groups is 1. The maximum Gasteiger partial charge on any atom is 0.258 e. The molecule has 0 unspecified atom stereocenters. The molecule has 1 amide bonds. The Morgan fingerprint density at radius 3 is 2.72 bits per heavy atom. The number of rotatable bonds is 8. The van der Waals surface area contributed by atoms with Crippen LogP contribution in [0.2, 0.25) is 5.02 Å². The number of nitrogens with zero attached hydrogens (tertiary/aromatic N) is 2. The molecule has 0 atom stereocenters. The molecule has 0 spiro atoms. The molecular weight excluding hydrogens is 430 g/mol. The van der Waals surface area contributed by atoms with E-state index in [9.17, 15) is 9.59 Å². The lowest BCUT2D eigenvalue weighted by atomic mass is 10.1. The third kappa shape index (κ3) is 5.29. The number of fused-ring (bicyclic) bond motifs is 1. The summed E-state index contributed by atoms with van der Waals surface area (Å²) in [7, 11) is 1.53. The smallest absolute Gasteiger partial charge is 0.258 e. The van der Waals surface area contributed by atoms with E-state index >= 15 is 0 Å². The number of benzene rings is 2. The van der Waals surface area contributed by atoms with E-state index in [4.69, 9.17) is 21.1 Å². The highest BCUT2D eigenvalue weighted by Crippen LogP contribution is 2.36. The van der Waals surface area contributed by atoms with Crippen molar-refractivity contribution < 1.29 is 14.3 Å². The molecule has 3 aromatic rings. The van der Waals surface area contributed by atoms with E-state index in [2.05, 4.69) is 9.97 Å². The van der Waals surface area contributed by atoms with Gasteiger partial charge in [-0.15, -0.1) is 0 Å². The van der Waals surface area contributed by atoms with Crippen LogP contribution in [-0.4, -0.2) is 40.5 Å². The lowest BCUT2D eigenvalue weighted by Gasteiger charge is -2.25. The lowest BCUT2D eigenvalue weighted by Crippen LogP contribution is -2.36. The zero-order valence-electron chi connectivity index (χ0n) is 18.5. The summed E-state index contributed by atoms with van der Waals surface area (Å²) >= 11 is 6.31. The molecule has 32 heavy (non-hydrogen) atoms. The number of amides is 1. The Morgan fingerprint density at radius 1 is 1.28 bits per heavy atom. The molecule has 168 valence electrons. The molecule has 0 bridgehead atoms. The average molecular weight is 456 g/mol. The molecule has 1 N–H and O–H groups in total. The summed E-state index contributed by atoms with van der Waals surface area (Å²) in [5.41, 5.74) is 1.06. The third-order valence-electron chi connectivity index (χ3n) is 4.85. The minimum atomic E-state index is -0.228. The Hall–Kier alpha value is -3.32. The molecule has 0 radical (unpaired) electrons. The molecule has 1 aromatic heterocycles. The average Bonchev–Trinajstić information content (AvgIpc) is 2.77. The van der Waals surface area contributed by atoms with Gasteiger partial charge in [0.15, 0.2) is 11.5 Å². The van der Waals surface area contributed by atoms with E-state index in [1.165, 1.54) is 13.2 Å². The first-order valence-electron chi connectivity index (χ1n) is 10.3. The van der Waals surface area contributed by atoms with Crippen molar-refractivity contribution in [1.82, 2.24) is 14.9 Å². The second-order valence-corrected chi connectivity index (χ2v) is 7.80. The standard InChI is InChI=1S/C24H26ClN3O4/c1-5-32-23-18(25)12-16(13-20(23)31-4)10-11-22(29)28(15(2)3)14-21-26-19-9-7-6-8-17(19)24(30)27-21/h6-13,15H,5,14H2,1-4H3,(H,26,27,30)/b11-10+. The van der Waals surface area contributed by atoms with Crippen LogP contribution in [0.3, 0.4) is 0 Å². The molecule has 0 aliphatic carbocycles. The molecule has 0 aliphatic rings. The van der Waals surface area contributed by atoms with E-state index in [1.54, 1.807) is 41.3 Å².